The third-order valence-electron chi connectivity index (χ3n) is 7.39. The largest absolute Gasteiger partial charge is 0.416 e. The fraction of sp³-hybridized carbons (Fsp3) is 0.481. The van der Waals surface area contributed by atoms with Gasteiger partial charge in [0, 0.05) is 13.5 Å². The van der Waals surface area contributed by atoms with E-state index in [0.717, 1.165) is 36.4 Å². The molecule has 0 aliphatic carbocycles. The predicted octanol–water partition coefficient (Wildman–Crippen LogP) is 5.71. The second-order valence-electron chi connectivity index (χ2n) is 10.2. The van der Waals surface area contributed by atoms with Crippen molar-refractivity contribution in [1.29, 1.82) is 0 Å². The van der Waals surface area contributed by atoms with Crippen LogP contribution in [0.25, 0.3) is 0 Å². The molecule has 0 saturated carbocycles. The van der Waals surface area contributed by atoms with Crippen molar-refractivity contribution in [2.45, 2.75) is 63.1 Å². The van der Waals surface area contributed by atoms with Gasteiger partial charge in [0.05, 0.1) is 29.4 Å². The molecule has 4 rings (SSSR count). The van der Waals surface area contributed by atoms with Gasteiger partial charge in [0.1, 0.15) is 5.54 Å². The molecular formula is C27H30F6N3O+. The molecule has 2 heterocycles. The maximum absolute atomic E-state index is 13.4. The minimum atomic E-state index is -4.91. The van der Waals surface area contributed by atoms with E-state index in [1.54, 1.807) is 0 Å². The molecule has 2 aliphatic rings. The average Bonchev–Trinajstić information content (AvgIpc) is 3.30. The van der Waals surface area contributed by atoms with Gasteiger partial charge >= 0.3 is 18.7 Å². The van der Waals surface area contributed by atoms with Crippen molar-refractivity contribution >= 4 is 12.1 Å². The number of rotatable bonds is 6. The quantitative estimate of drug-likeness (QED) is 0.387. The van der Waals surface area contributed by atoms with E-state index in [1.165, 1.54) is 6.92 Å². The summed E-state index contributed by atoms with van der Waals surface area (Å²) < 4.78 is 90.5. The second kappa shape index (κ2) is 9.82. The molecule has 0 amide bonds. The molecule has 2 aliphatic heterocycles. The Kier molecular flexibility index (Phi) is 7.22. The molecule has 1 fully saturated rings. The topological polar surface area (TPSA) is 38.6 Å². The molecule has 0 bridgehead atoms. The van der Waals surface area contributed by atoms with Gasteiger partial charge in [-0.1, -0.05) is 30.3 Å². The number of ether oxygens (including phenoxy) is 1. The monoisotopic (exact) mass is 526 g/mol. The van der Waals surface area contributed by atoms with Crippen LogP contribution in [-0.2, 0) is 22.6 Å². The lowest BCUT2D eigenvalue weighted by Crippen LogP contribution is -2.62. The van der Waals surface area contributed by atoms with E-state index < -0.39 is 35.1 Å². The van der Waals surface area contributed by atoms with E-state index in [4.69, 9.17) is 4.74 Å². The number of hydrogen-bond acceptors (Lipinski definition) is 3. The summed E-state index contributed by atoms with van der Waals surface area (Å²) in [5.41, 5.74) is -1.76. The first-order valence-corrected chi connectivity index (χ1v) is 12.1. The Morgan fingerprint density at radius 1 is 1.00 bits per heavy atom. The summed E-state index contributed by atoms with van der Waals surface area (Å²) in [6.45, 7) is 7.00. The van der Waals surface area contributed by atoms with Gasteiger partial charge in [0.25, 0.3) is 0 Å². The zero-order valence-corrected chi connectivity index (χ0v) is 20.9. The highest BCUT2D eigenvalue weighted by Crippen LogP contribution is 2.40. The third-order valence-corrected chi connectivity index (χ3v) is 7.39. The van der Waals surface area contributed by atoms with E-state index in [1.807, 2.05) is 43.6 Å². The van der Waals surface area contributed by atoms with Crippen molar-refractivity contribution < 1.29 is 31.1 Å². The van der Waals surface area contributed by atoms with Gasteiger partial charge in [-0.3, -0.25) is 0 Å². The number of nitrogens with zero attached hydrogens (tertiary/aromatic N) is 2. The summed E-state index contributed by atoms with van der Waals surface area (Å²) in [5.74, 6) is 0. The van der Waals surface area contributed by atoms with E-state index in [2.05, 4.69) is 21.8 Å². The zero-order valence-electron chi connectivity index (χ0n) is 20.9. The zero-order chi connectivity index (χ0) is 27.1. The highest BCUT2D eigenvalue weighted by molar-refractivity contribution is 5.90. The van der Waals surface area contributed by atoms with Crippen LogP contribution in [0.5, 0.6) is 0 Å². The van der Waals surface area contributed by atoms with Crippen molar-refractivity contribution in [3.8, 4) is 0 Å². The molecule has 10 heteroatoms. The van der Waals surface area contributed by atoms with Crippen LogP contribution in [-0.4, -0.2) is 42.2 Å². The molecule has 0 aromatic heterocycles. The van der Waals surface area contributed by atoms with Crippen molar-refractivity contribution in [2.24, 2.45) is 0 Å². The van der Waals surface area contributed by atoms with Gasteiger partial charge in [-0.05, 0) is 56.0 Å². The molecule has 1 N–H and O–H groups in total. The second-order valence-corrected chi connectivity index (χ2v) is 10.2. The summed E-state index contributed by atoms with van der Waals surface area (Å²) in [6, 6.07) is 11.2. The van der Waals surface area contributed by atoms with E-state index in [0.29, 0.717) is 13.0 Å². The third kappa shape index (κ3) is 5.87. The van der Waals surface area contributed by atoms with Gasteiger partial charge in [-0.2, -0.15) is 26.3 Å². The van der Waals surface area contributed by atoms with Crippen LogP contribution in [0, 0.1) is 0 Å². The molecule has 2 aromatic carbocycles. The minimum Gasteiger partial charge on any atom is -0.372 e. The highest BCUT2D eigenvalue weighted by Gasteiger charge is 2.48. The lowest BCUT2D eigenvalue weighted by molar-refractivity contribution is -0.143. The first-order chi connectivity index (χ1) is 17.2. The summed E-state index contributed by atoms with van der Waals surface area (Å²) in [4.78, 5) is 2.19. The Morgan fingerprint density at radius 3 is 2.11 bits per heavy atom. The van der Waals surface area contributed by atoms with Crippen molar-refractivity contribution in [3.63, 3.8) is 0 Å². The van der Waals surface area contributed by atoms with Crippen molar-refractivity contribution in [3.05, 3.63) is 70.8 Å². The fourth-order valence-corrected chi connectivity index (χ4v) is 4.88. The van der Waals surface area contributed by atoms with Crippen LogP contribution in [0.2, 0.25) is 0 Å². The lowest BCUT2D eigenvalue weighted by atomic mass is 9.76. The normalized spacial score (nSPS) is 25.3. The number of benzene rings is 2. The van der Waals surface area contributed by atoms with Crippen molar-refractivity contribution in [1.82, 2.24) is 14.9 Å². The Hall–Kier alpha value is -2.81. The summed E-state index contributed by atoms with van der Waals surface area (Å²) >= 11 is 0. The van der Waals surface area contributed by atoms with Gasteiger partial charge in [0.2, 0.25) is 5.71 Å². The van der Waals surface area contributed by atoms with Crippen molar-refractivity contribution in [2.75, 3.05) is 19.7 Å². The Bertz CT molecular complexity index is 1140. The number of halogens is 6. The molecule has 0 radical (unpaired) electrons. The standard InChI is InChI=1S/C27H30F6N3O/c1-18-14-36(17-34-18)24(3)9-10-25(35-15-24,21-7-5-4-6-8-21)16-37-19(2)20-11-22(26(28,29)30)13-23(12-20)27(31,32)33/h4-8,11-13,17,19,35H,9-10,14-16H2,1-3H3/q+1/t19-,24-,25-/m1/s1. The number of alkyl halides is 6. The van der Waals surface area contributed by atoms with Crippen LogP contribution in [0.1, 0.15) is 62.0 Å². The molecule has 37 heavy (non-hydrogen) atoms. The fourth-order valence-electron chi connectivity index (χ4n) is 4.88. The van der Waals surface area contributed by atoms with E-state index in [9.17, 15) is 26.3 Å². The Labute approximate surface area is 212 Å². The lowest BCUT2D eigenvalue weighted by Gasteiger charge is -2.46. The van der Waals surface area contributed by atoms with Crippen LogP contribution < -0.4 is 9.98 Å². The van der Waals surface area contributed by atoms with Gasteiger partial charge in [-0.15, -0.1) is 0 Å². The SMILES string of the molecule is CC1=[N+]=CN([C@]2(C)CC[C@@](CO[C@H](C)c3cc(C(F)(F)F)cc(C(F)(F)F)c3)(c3ccccc3)NC2)C1. The number of piperidine rings is 1. The number of hydrogen-bond donors (Lipinski definition) is 1. The van der Waals surface area contributed by atoms with E-state index >= 15 is 0 Å². The molecule has 2 aromatic rings. The summed E-state index contributed by atoms with van der Waals surface area (Å²) in [5, 5.41) is 3.61. The summed E-state index contributed by atoms with van der Waals surface area (Å²) in [6.07, 6.45) is -7.54. The molecule has 3 atom stereocenters. The minimum absolute atomic E-state index is 0.0745. The molecule has 4 nitrogen and oxygen atoms in total. The van der Waals surface area contributed by atoms with E-state index in [-0.39, 0.29) is 23.8 Å². The Balaban J connectivity index is 1.57. The first kappa shape index (κ1) is 27.2. The summed E-state index contributed by atoms with van der Waals surface area (Å²) in [7, 11) is 0. The maximum atomic E-state index is 13.4. The van der Waals surface area contributed by atoms with Crippen LogP contribution in [0.4, 0.5) is 26.3 Å². The van der Waals surface area contributed by atoms with Gasteiger partial charge < -0.3 is 10.1 Å². The molecular weight excluding hydrogens is 496 g/mol. The van der Waals surface area contributed by atoms with Crippen LogP contribution >= 0.6 is 0 Å². The maximum Gasteiger partial charge on any atom is 0.416 e. The molecule has 200 valence electrons. The van der Waals surface area contributed by atoms with Crippen LogP contribution in [0.3, 0.4) is 0 Å². The smallest absolute Gasteiger partial charge is 0.372 e. The first-order valence-electron chi connectivity index (χ1n) is 12.1. The Morgan fingerprint density at radius 2 is 1.62 bits per heavy atom. The van der Waals surface area contributed by atoms with Crippen LogP contribution in [0.15, 0.2) is 48.5 Å². The highest BCUT2D eigenvalue weighted by atomic mass is 19.4. The number of nitrogens with one attached hydrogen (secondary N) is 1. The average molecular weight is 527 g/mol. The van der Waals surface area contributed by atoms with Gasteiger partial charge in [0.15, 0.2) is 6.54 Å². The predicted molar refractivity (Wildman–Crippen MR) is 130 cm³/mol. The molecule has 0 spiro atoms. The molecule has 0 unspecified atom stereocenters. The van der Waals surface area contributed by atoms with Gasteiger partial charge in [-0.25, -0.2) is 9.57 Å². The molecule has 1 saturated heterocycles.